The van der Waals surface area contributed by atoms with Crippen LogP contribution in [-0.4, -0.2) is 11.1 Å². The fraction of sp³-hybridized carbons (Fsp3) is 0.500. The summed E-state index contributed by atoms with van der Waals surface area (Å²) in [7, 11) is 0. The minimum atomic E-state index is -2.88. The van der Waals surface area contributed by atoms with Crippen LogP contribution >= 0.6 is 0 Å². The van der Waals surface area contributed by atoms with Gasteiger partial charge in [-0.2, -0.15) is 0 Å². The van der Waals surface area contributed by atoms with Crippen LogP contribution in [0.3, 0.4) is 0 Å². The van der Waals surface area contributed by atoms with Crippen LogP contribution in [-0.2, 0) is 10.7 Å². The number of aryl methyl sites for hydroxylation is 2. The van der Waals surface area contributed by atoms with E-state index in [4.69, 9.17) is 5.11 Å². The Kier molecular flexibility index (Phi) is 4.82. The number of hydrogen-bond acceptors (Lipinski definition) is 1. The molecule has 0 bridgehead atoms. The van der Waals surface area contributed by atoms with Crippen molar-refractivity contribution in [2.45, 2.75) is 45.5 Å². The number of aliphatic carboxylic acids is 1. The molecule has 0 heterocycles. The van der Waals surface area contributed by atoms with Crippen LogP contribution in [0.1, 0.15) is 42.4 Å². The predicted octanol–water partition coefficient (Wildman–Crippen LogP) is 4.04. The van der Waals surface area contributed by atoms with Crippen molar-refractivity contribution in [2.75, 3.05) is 0 Å². The molecule has 0 saturated carbocycles. The largest absolute Gasteiger partial charge is 0.481 e. The fourth-order valence-electron chi connectivity index (χ4n) is 1.74. The van der Waals surface area contributed by atoms with E-state index in [1.54, 1.807) is 13.0 Å². The minimum Gasteiger partial charge on any atom is -0.481 e. The van der Waals surface area contributed by atoms with Crippen LogP contribution in [0.15, 0.2) is 18.2 Å². The molecule has 1 rings (SSSR count). The Balaban J connectivity index is 2.61. The molecule has 0 radical (unpaired) electrons. The van der Waals surface area contributed by atoms with Crippen molar-refractivity contribution in [3.05, 3.63) is 34.9 Å². The normalized spacial score (nSPS) is 11.6. The average molecular weight is 256 g/mol. The van der Waals surface area contributed by atoms with Gasteiger partial charge in [0.15, 0.2) is 0 Å². The maximum atomic E-state index is 13.8. The van der Waals surface area contributed by atoms with E-state index < -0.39 is 11.9 Å². The summed E-state index contributed by atoms with van der Waals surface area (Å²) in [6.07, 6.45) is 0.147. The van der Waals surface area contributed by atoms with Crippen molar-refractivity contribution in [3.63, 3.8) is 0 Å². The van der Waals surface area contributed by atoms with Gasteiger partial charge < -0.3 is 5.11 Å². The van der Waals surface area contributed by atoms with Gasteiger partial charge in [-0.05, 0) is 43.9 Å². The summed E-state index contributed by atoms with van der Waals surface area (Å²) >= 11 is 0. The van der Waals surface area contributed by atoms with Crippen LogP contribution < -0.4 is 0 Å². The summed E-state index contributed by atoms with van der Waals surface area (Å²) < 4.78 is 27.7. The lowest BCUT2D eigenvalue weighted by Gasteiger charge is -2.17. The predicted molar refractivity (Wildman–Crippen MR) is 65.9 cm³/mol. The molecule has 0 aromatic heterocycles. The Morgan fingerprint density at radius 2 is 1.89 bits per heavy atom. The molecule has 0 spiro atoms. The number of halogens is 2. The van der Waals surface area contributed by atoms with Gasteiger partial charge in [-0.1, -0.05) is 12.1 Å². The van der Waals surface area contributed by atoms with Gasteiger partial charge in [0.2, 0.25) is 0 Å². The summed E-state index contributed by atoms with van der Waals surface area (Å²) in [6.45, 7) is 3.68. The molecule has 4 heteroatoms. The van der Waals surface area contributed by atoms with Crippen LogP contribution in [0.4, 0.5) is 8.78 Å². The monoisotopic (exact) mass is 256 g/mol. The Morgan fingerprint density at radius 3 is 2.44 bits per heavy atom. The quantitative estimate of drug-likeness (QED) is 0.780. The zero-order valence-electron chi connectivity index (χ0n) is 10.7. The second-order valence-corrected chi connectivity index (χ2v) is 4.60. The highest BCUT2D eigenvalue weighted by Crippen LogP contribution is 2.34. The topological polar surface area (TPSA) is 37.3 Å². The van der Waals surface area contributed by atoms with E-state index in [0.29, 0.717) is 0 Å². The third-order valence-electron chi connectivity index (χ3n) is 3.06. The van der Waals surface area contributed by atoms with E-state index in [9.17, 15) is 13.6 Å². The molecule has 0 amide bonds. The van der Waals surface area contributed by atoms with Crippen molar-refractivity contribution in [1.82, 2.24) is 0 Å². The first-order valence-corrected chi connectivity index (χ1v) is 6.00. The number of benzene rings is 1. The van der Waals surface area contributed by atoms with Crippen LogP contribution in [0, 0.1) is 13.8 Å². The maximum absolute atomic E-state index is 13.8. The van der Waals surface area contributed by atoms with Gasteiger partial charge in [0.1, 0.15) is 0 Å². The van der Waals surface area contributed by atoms with Gasteiger partial charge in [-0.3, -0.25) is 4.79 Å². The van der Waals surface area contributed by atoms with Gasteiger partial charge in [0.25, 0.3) is 5.92 Å². The van der Waals surface area contributed by atoms with E-state index in [1.807, 2.05) is 6.92 Å². The van der Waals surface area contributed by atoms with E-state index in [-0.39, 0.29) is 31.2 Å². The maximum Gasteiger partial charge on any atom is 0.303 e. The number of unbranched alkanes of at least 4 members (excludes halogenated alkanes) is 1. The molecule has 100 valence electrons. The third kappa shape index (κ3) is 4.09. The summed E-state index contributed by atoms with van der Waals surface area (Å²) in [4.78, 5) is 10.3. The molecular weight excluding hydrogens is 238 g/mol. The standard InChI is InChI=1S/C14H18F2O2/c1-10-6-7-12(9-11(10)2)14(15,16)8-4-3-5-13(17)18/h6-7,9H,3-5,8H2,1-2H3,(H,17,18). The molecule has 0 atom stereocenters. The zero-order valence-corrected chi connectivity index (χ0v) is 10.7. The molecule has 0 unspecified atom stereocenters. The second-order valence-electron chi connectivity index (χ2n) is 4.60. The molecular formula is C14H18F2O2. The highest BCUT2D eigenvalue weighted by atomic mass is 19.3. The van der Waals surface area contributed by atoms with Gasteiger partial charge in [0, 0.05) is 18.4 Å². The molecule has 0 aliphatic carbocycles. The first kappa shape index (κ1) is 14.6. The highest BCUT2D eigenvalue weighted by Gasteiger charge is 2.30. The molecule has 18 heavy (non-hydrogen) atoms. The zero-order chi connectivity index (χ0) is 13.8. The smallest absolute Gasteiger partial charge is 0.303 e. The molecule has 0 fully saturated rings. The van der Waals surface area contributed by atoms with E-state index >= 15 is 0 Å². The average Bonchev–Trinajstić information content (AvgIpc) is 2.28. The van der Waals surface area contributed by atoms with Gasteiger partial charge in [0.05, 0.1) is 0 Å². The molecule has 0 saturated heterocycles. The Hall–Kier alpha value is -1.45. The lowest BCUT2D eigenvalue weighted by Crippen LogP contribution is -2.13. The van der Waals surface area contributed by atoms with Gasteiger partial charge >= 0.3 is 5.97 Å². The lowest BCUT2D eigenvalue weighted by molar-refractivity contribution is -0.137. The molecule has 1 aromatic carbocycles. The highest BCUT2D eigenvalue weighted by molar-refractivity contribution is 5.66. The van der Waals surface area contributed by atoms with E-state index in [0.717, 1.165) is 11.1 Å². The Labute approximate surface area is 106 Å². The third-order valence-corrected chi connectivity index (χ3v) is 3.06. The Morgan fingerprint density at radius 1 is 1.22 bits per heavy atom. The fourth-order valence-corrected chi connectivity index (χ4v) is 1.74. The number of carboxylic acid groups (broad SMARTS) is 1. The SMILES string of the molecule is Cc1ccc(C(F)(F)CCCCC(=O)O)cc1C. The van der Waals surface area contributed by atoms with Crippen molar-refractivity contribution >= 4 is 5.97 Å². The number of carbonyl (C=O) groups is 1. The van der Waals surface area contributed by atoms with E-state index in [2.05, 4.69) is 0 Å². The number of hydrogen-bond donors (Lipinski definition) is 1. The van der Waals surface area contributed by atoms with Crippen molar-refractivity contribution < 1.29 is 18.7 Å². The summed E-state index contributed by atoms with van der Waals surface area (Å²) in [5.74, 6) is -3.82. The molecule has 0 aliphatic rings. The van der Waals surface area contributed by atoms with Crippen molar-refractivity contribution in [3.8, 4) is 0 Å². The second kappa shape index (κ2) is 5.94. The van der Waals surface area contributed by atoms with E-state index in [1.165, 1.54) is 12.1 Å². The number of rotatable bonds is 6. The number of alkyl halides is 2. The summed E-state index contributed by atoms with van der Waals surface area (Å²) in [5.41, 5.74) is 1.85. The Bertz CT molecular complexity index is 428. The van der Waals surface area contributed by atoms with Gasteiger partial charge in [-0.25, -0.2) is 8.78 Å². The molecule has 1 N–H and O–H groups in total. The molecule has 1 aromatic rings. The minimum absolute atomic E-state index is 0.0147. The number of carboxylic acids is 1. The molecule has 2 nitrogen and oxygen atoms in total. The first-order valence-electron chi connectivity index (χ1n) is 6.00. The van der Waals surface area contributed by atoms with Crippen LogP contribution in [0.2, 0.25) is 0 Å². The lowest BCUT2D eigenvalue weighted by atomic mass is 9.98. The first-order chi connectivity index (χ1) is 8.33. The summed E-state index contributed by atoms with van der Waals surface area (Å²) in [6, 6.07) is 4.64. The van der Waals surface area contributed by atoms with Crippen LogP contribution in [0.25, 0.3) is 0 Å². The summed E-state index contributed by atoms with van der Waals surface area (Å²) in [5, 5.41) is 8.44. The van der Waals surface area contributed by atoms with Gasteiger partial charge in [-0.15, -0.1) is 0 Å². The van der Waals surface area contributed by atoms with Crippen molar-refractivity contribution in [2.24, 2.45) is 0 Å². The molecule has 0 aliphatic heterocycles. The van der Waals surface area contributed by atoms with Crippen LogP contribution in [0.5, 0.6) is 0 Å². The van der Waals surface area contributed by atoms with Crippen molar-refractivity contribution in [1.29, 1.82) is 0 Å².